The molecule has 23 heavy (non-hydrogen) atoms. The van der Waals surface area contributed by atoms with Crippen molar-refractivity contribution in [2.45, 2.75) is 22.1 Å². The van der Waals surface area contributed by atoms with Gasteiger partial charge in [0.25, 0.3) is 0 Å². The topological polar surface area (TPSA) is 9.23 Å². The van der Waals surface area contributed by atoms with Crippen LogP contribution < -0.4 is 0 Å². The second kappa shape index (κ2) is 7.06. The average molecular weight is 370 g/mol. The van der Waals surface area contributed by atoms with Crippen LogP contribution in [0.5, 0.6) is 0 Å². The lowest BCUT2D eigenvalue weighted by Gasteiger charge is -2.08. The summed E-state index contributed by atoms with van der Waals surface area (Å²) in [5.41, 5.74) is -1.53. The average Bonchev–Trinajstić information content (AvgIpc) is 2.46. The minimum Gasteiger partial charge on any atom is -0.237 e. The number of alkyl halides is 6. The van der Waals surface area contributed by atoms with Crippen LogP contribution in [0.3, 0.4) is 0 Å². The van der Waals surface area contributed by atoms with Crippen molar-refractivity contribution in [2.24, 2.45) is 0 Å². The first-order chi connectivity index (χ1) is 10.7. The molecule has 0 saturated heterocycles. The van der Waals surface area contributed by atoms with Crippen molar-refractivity contribution in [1.82, 2.24) is 0 Å². The van der Waals surface area contributed by atoms with Gasteiger partial charge in [0.2, 0.25) is 0 Å². The molecular weight excluding hydrogens is 362 g/mol. The van der Waals surface area contributed by atoms with Gasteiger partial charge in [-0.05, 0) is 48.5 Å². The highest BCUT2D eigenvalue weighted by Crippen LogP contribution is 2.35. The predicted molar refractivity (Wildman–Crippen MR) is 75.7 cm³/mol. The highest BCUT2D eigenvalue weighted by Gasteiger charge is 2.30. The molecular formula is C14H8F6OS2. The minimum atomic E-state index is -4.40. The smallest absolute Gasteiger partial charge is 0.237 e. The van der Waals surface area contributed by atoms with E-state index in [-0.39, 0.29) is 0 Å². The zero-order chi connectivity index (χ0) is 17.1. The molecule has 0 aliphatic heterocycles. The molecule has 0 fully saturated rings. The van der Waals surface area contributed by atoms with Crippen molar-refractivity contribution in [3.05, 3.63) is 59.7 Å². The molecule has 0 saturated carbocycles. The molecule has 9 heteroatoms. The summed E-state index contributed by atoms with van der Waals surface area (Å²) in [5, 5.41) is 0. The number of benzene rings is 2. The molecule has 2 aromatic rings. The van der Waals surface area contributed by atoms with Gasteiger partial charge in [0, 0.05) is 33.9 Å². The molecule has 2 rings (SSSR count). The van der Waals surface area contributed by atoms with Gasteiger partial charge in [-0.15, -0.1) is 0 Å². The Hall–Kier alpha value is -1.32. The Morgan fingerprint density at radius 2 is 0.870 bits per heavy atom. The first-order valence-electron chi connectivity index (χ1n) is 6.02. The Kier molecular flexibility index (Phi) is 5.53. The van der Waals surface area contributed by atoms with Gasteiger partial charge in [-0.2, -0.15) is 26.3 Å². The van der Waals surface area contributed by atoms with E-state index in [1.165, 1.54) is 24.3 Å². The van der Waals surface area contributed by atoms with Crippen LogP contribution in [0.2, 0.25) is 0 Å². The highest BCUT2D eigenvalue weighted by atomic mass is 32.2. The van der Waals surface area contributed by atoms with Gasteiger partial charge in [0.1, 0.15) is 0 Å². The molecule has 0 aromatic heterocycles. The van der Waals surface area contributed by atoms with E-state index in [4.69, 9.17) is 3.63 Å². The first-order valence-corrected chi connectivity index (χ1v) is 7.50. The van der Waals surface area contributed by atoms with Crippen LogP contribution in [0.15, 0.2) is 58.3 Å². The Labute approximate surface area is 136 Å². The van der Waals surface area contributed by atoms with Crippen LogP contribution in [0.25, 0.3) is 0 Å². The van der Waals surface area contributed by atoms with E-state index in [0.29, 0.717) is 9.79 Å². The zero-order valence-electron chi connectivity index (χ0n) is 11.1. The van der Waals surface area contributed by atoms with Gasteiger partial charge in [0.15, 0.2) is 0 Å². The molecule has 0 radical (unpaired) electrons. The quantitative estimate of drug-likeness (QED) is 0.452. The lowest BCUT2D eigenvalue weighted by atomic mass is 10.2. The molecule has 2 aromatic carbocycles. The highest BCUT2D eigenvalue weighted by molar-refractivity contribution is 8.07. The van der Waals surface area contributed by atoms with Gasteiger partial charge in [-0.1, -0.05) is 0 Å². The van der Waals surface area contributed by atoms with Crippen LogP contribution in [-0.4, -0.2) is 0 Å². The summed E-state index contributed by atoms with van der Waals surface area (Å²) >= 11 is 1.64. The monoisotopic (exact) mass is 370 g/mol. The molecule has 0 unspecified atom stereocenters. The van der Waals surface area contributed by atoms with Crippen LogP contribution in [0.4, 0.5) is 26.3 Å². The van der Waals surface area contributed by atoms with E-state index in [1.54, 1.807) is 0 Å². The summed E-state index contributed by atoms with van der Waals surface area (Å²) in [6, 6.07) is 8.70. The van der Waals surface area contributed by atoms with Crippen molar-refractivity contribution in [2.75, 3.05) is 0 Å². The Balaban J connectivity index is 1.87. The number of halogens is 6. The van der Waals surface area contributed by atoms with Crippen LogP contribution >= 0.6 is 24.1 Å². The molecule has 124 valence electrons. The molecule has 0 aliphatic carbocycles. The minimum absolute atomic E-state index is 0.442. The summed E-state index contributed by atoms with van der Waals surface area (Å²) in [7, 11) is 0. The molecule has 0 N–H and O–H groups in total. The summed E-state index contributed by atoms with van der Waals surface area (Å²) in [4.78, 5) is 0.884. The normalized spacial score (nSPS) is 12.4. The first kappa shape index (κ1) is 18.0. The molecule has 0 spiro atoms. The zero-order valence-corrected chi connectivity index (χ0v) is 12.7. The van der Waals surface area contributed by atoms with Crippen molar-refractivity contribution in [1.29, 1.82) is 0 Å². The van der Waals surface area contributed by atoms with Gasteiger partial charge < -0.3 is 0 Å². The molecule has 0 amide bonds. The third-order valence-electron chi connectivity index (χ3n) is 2.62. The van der Waals surface area contributed by atoms with Gasteiger partial charge >= 0.3 is 12.4 Å². The standard InChI is InChI=1S/C14H8F6OS2/c15-13(16,17)9-1-5-11(6-2-9)22-21-23-12-7-3-10(4-8-12)14(18,19)20/h1-8H. The Morgan fingerprint density at radius 1 is 0.565 bits per heavy atom. The Bertz CT molecular complexity index is 577. The predicted octanol–water partition coefficient (Wildman–Crippen LogP) is 6.46. The second-order valence-electron chi connectivity index (χ2n) is 4.28. The fourth-order valence-electron chi connectivity index (χ4n) is 1.49. The van der Waals surface area contributed by atoms with E-state index < -0.39 is 23.5 Å². The third kappa shape index (κ3) is 5.36. The van der Waals surface area contributed by atoms with Gasteiger partial charge in [0.05, 0.1) is 11.1 Å². The van der Waals surface area contributed by atoms with E-state index in [2.05, 4.69) is 0 Å². The molecule has 0 atom stereocenters. The number of hydrogen-bond donors (Lipinski definition) is 0. The lowest BCUT2D eigenvalue weighted by molar-refractivity contribution is -0.138. The van der Waals surface area contributed by atoms with Crippen molar-refractivity contribution in [3.8, 4) is 0 Å². The van der Waals surface area contributed by atoms with Crippen LogP contribution in [-0.2, 0) is 16.0 Å². The third-order valence-corrected chi connectivity index (χ3v) is 4.10. The molecule has 0 heterocycles. The van der Waals surface area contributed by atoms with Crippen LogP contribution in [0.1, 0.15) is 11.1 Å². The van der Waals surface area contributed by atoms with Gasteiger partial charge in [-0.25, -0.2) is 3.63 Å². The van der Waals surface area contributed by atoms with E-state index in [9.17, 15) is 26.3 Å². The lowest BCUT2D eigenvalue weighted by Crippen LogP contribution is -2.03. The second-order valence-corrected chi connectivity index (χ2v) is 6.10. The summed E-state index contributed by atoms with van der Waals surface area (Å²) in [5.74, 6) is 0. The molecule has 1 nitrogen and oxygen atoms in total. The fourth-order valence-corrected chi connectivity index (χ4v) is 2.75. The molecule has 0 aliphatic rings. The summed E-state index contributed by atoms with van der Waals surface area (Å²) < 4.78 is 79.5. The fraction of sp³-hybridized carbons (Fsp3) is 0.143. The number of rotatable bonds is 4. The summed E-state index contributed by atoms with van der Waals surface area (Å²) in [6.45, 7) is 0. The maximum absolute atomic E-state index is 12.4. The van der Waals surface area contributed by atoms with E-state index in [1.807, 2.05) is 0 Å². The maximum Gasteiger partial charge on any atom is 0.416 e. The number of hydrogen-bond acceptors (Lipinski definition) is 3. The van der Waals surface area contributed by atoms with Gasteiger partial charge in [-0.3, -0.25) is 0 Å². The van der Waals surface area contributed by atoms with E-state index in [0.717, 1.165) is 48.4 Å². The van der Waals surface area contributed by atoms with Crippen molar-refractivity contribution >= 4 is 24.1 Å². The maximum atomic E-state index is 12.4. The summed E-state index contributed by atoms with van der Waals surface area (Å²) in [6.07, 6.45) is -8.81. The van der Waals surface area contributed by atoms with E-state index >= 15 is 0 Å². The SMILES string of the molecule is FC(F)(F)c1ccc(SOSc2ccc(C(F)(F)F)cc2)cc1. The largest absolute Gasteiger partial charge is 0.416 e. The van der Waals surface area contributed by atoms with Crippen molar-refractivity contribution < 1.29 is 30.0 Å². The Morgan fingerprint density at radius 3 is 1.13 bits per heavy atom. The molecule has 0 bridgehead atoms. The van der Waals surface area contributed by atoms with Crippen molar-refractivity contribution in [3.63, 3.8) is 0 Å². The van der Waals surface area contributed by atoms with Crippen LogP contribution in [0, 0.1) is 0 Å².